The number of H-pyrrole nitrogens is 1. The molecule has 8 nitrogen and oxygen atoms in total. The van der Waals surface area contributed by atoms with Gasteiger partial charge in [-0.15, -0.1) is 0 Å². The van der Waals surface area contributed by atoms with Crippen LogP contribution in [0.15, 0.2) is 91.1 Å². The lowest BCUT2D eigenvalue weighted by atomic mass is 10.0. The highest BCUT2D eigenvalue weighted by molar-refractivity contribution is 5.98. The number of benzene rings is 3. The highest BCUT2D eigenvalue weighted by atomic mass is 16.4. The number of hydrogen-bond donors (Lipinski definition) is 5. The third-order valence-corrected chi connectivity index (χ3v) is 6.48. The average Bonchev–Trinajstić information content (AvgIpc) is 3.34. The molecule has 4 rings (SSSR count). The van der Waals surface area contributed by atoms with E-state index >= 15 is 0 Å². The Morgan fingerprint density at radius 1 is 0.842 bits per heavy atom. The van der Waals surface area contributed by atoms with Crippen molar-refractivity contribution in [1.29, 1.82) is 0 Å². The summed E-state index contributed by atoms with van der Waals surface area (Å²) in [5, 5.41) is 19.1. The fourth-order valence-corrected chi connectivity index (χ4v) is 4.37. The number of amides is 2. The smallest absolute Gasteiger partial charge is 0.320 e. The van der Waals surface area contributed by atoms with Crippen molar-refractivity contribution in [3.8, 4) is 0 Å². The van der Waals surface area contributed by atoms with E-state index in [1.807, 2.05) is 79.0 Å². The molecule has 8 heteroatoms. The highest BCUT2D eigenvalue weighted by Crippen LogP contribution is 2.20. The van der Waals surface area contributed by atoms with Gasteiger partial charge < -0.3 is 20.7 Å². The molecule has 0 aliphatic carbocycles. The lowest BCUT2D eigenvalue weighted by molar-refractivity contribution is -0.139. The van der Waals surface area contributed by atoms with E-state index in [2.05, 4.69) is 20.9 Å². The molecular weight excluding hydrogens is 480 g/mol. The summed E-state index contributed by atoms with van der Waals surface area (Å²) in [6.45, 7) is 1.50. The van der Waals surface area contributed by atoms with Crippen LogP contribution in [-0.2, 0) is 27.2 Å². The first-order chi connectivity index (χ1) is 18.4. The number of carboxylic acids is 1. The maximum Gasteiger partial charge on any atom is 0.320 e. The lowest BCUT2D eigenvalue weighted by Gasteiger charge is -2.24. The van der Waals surface area contributed by atoms with Crippen molar-refractivity contribution in [1.82, 2.24) is 15.6 Å². The predicted octanol–water partition coefficient (Wildman–Crippen LogP) is 3.90. The molecule has 4 aromatic rings. The maximum absolute atomic E-state index is 13.5. The van der Waals surface area contributed by atoms with E-state index in [4.69, 9.17) is 0 Å². The summed E-state index contributed by atoms with van der Waals surface area (Å²) in [5.41, 5.74) is 3.48. The number of anilines is 1. The van der Waals surface area contributed by atoms with Crippen molar-refractivity contribution in [2.75, 3.05) is 5.32 Å². The van der Waals surface area contributed by atoms with Crippen LogP contribution in [0.1, 0.15) is 24.5 Å². The topological polar surface area (TPSA) is 123 Å². The van der Waals surface area contributed by atoms with Crippen molar-refractivity contribution in [3.63, 3.8) is 0 Å². The van der Waals surface area contributed by atoms with Crippen LogP contribution >= 0.6 is 0 Å². The Balaban J connectivity index is 1.55. The molecule has 0 unspecified atom stereocenters. The number of para-hydroxylation sites is 2. The third-order valence-electron chi connectivity index (χ3n) is 6.48. The highest BCUT2D eigenvalue weighted by Gasteiger charge is 2.28. The standard InChI is InChI=1S/C30H32N4O4/c1-20(30(37)38)32-26(17-16-21-10-4-2-5-11-21)28(35)34-27(29(36)33-23-12-6-3-7-13-23)18-22-19-31-25-15-9-8-14-24(22)25/h2-15,19-20,26-27,31-32H,16-18H2,1H3,(H,33,36)(H,34,35)(H,37,38)/t20-,26+,27+/m1/s1. The number of aliphatic carboxylic acids is 1. The number of rotatable bonds is 12. The Labute approximate surface area is 221 Å². The fourth-order valence-electron chi connectivity index (χ4n) is 4.37. The Kier molecular flexibility index (Phi) is 8.89. The van der Waals surface area contributed by atoms with E-state index in [0.29, 0.717) is 18.5 Å². The van der Waals surface area contributed by atoms with E-state index in [0.717, 1.165) is 22.0 Å². The van der Waals surface area contributed by atoms with Gasteiger partial charge >= 0.3 is 5.97 Å². The first kappa shape index (κ1) is 26.6. The lowest BCUT2D eigenvalue weighted by Crippen LogP contribution is -2.54. The summed E-state index contributed by atoms with van der Waals surface area (Å²) in [4.78, 5) is 41.7. The molecule has 0 spiro atoms. The van der Waals surface area contributed by atoms with Gasteiger partial charge in [0.25, 0.3) is 0 Å². The average molecular weight is 513 g/mol. The molecule has 0 saturated carbocycles. The first-order valence-electron chi connectivity index (χ1n) is 12.6. The van der Waals surface area contributed by atoms with E-state index in [9.17, 15) is 19.5 Å². The van der Waals surface area contributed by atoms with Crippen LogP contribution in [0.25, 0.3) is 10.9 Å². The number of carbonyl (C=O) groups is 3. The van der Waals surface area contributed by atoms with Gasteiger partial charge in [0.1, 0.15) is 12.1 Å². The minimum atomic E-state index is -1.06. The minimum Gasteiger partial charge on any atom is -0.480 e. The second-order valence-corrected chi connectivity index (χ2v) is 9.28. The molecule has 0 aliphatic rings. The van der Waals surface area contributed by atoms with Gasteiger partial charge in [0, 0.05) is 29.2 Å². The van der Waals surface area contributed by atoms with E-state index in [1.165, 1.54) is 6.92 Å². The third kappa shape index (κ3) is 7.08. The number of nitrogens with one attached hydrogen (secondary N) is 4. The molecule has 0 radical (unpaired) electrons. The van der Waals surface area contributed by atoms with Gasteiger partial charge in [-0.25, -0.2) is 0 Å². The van der Waals surface area contributed by atoms with E-state index < -0.39 is 30.0 Å². The zero-order valence-corrected chi connectivity index (χ0v) is 21.2. The quantitative estimate of drug-likeness (QED) is 0.197. The van der Waals surface area contributed by atoms with Crippen molar-refractivity contribution in [2.45, 2.75) is 44.3 Å². The fraction of sp³-hybridized carbons (Fsp3) is 0.233. The number of aromatic amines is 1. The molecule has 3 atom stereocenters. The van der Waals surface area contributed by atoms with Crippen LogP contribution in [0.4, 0.5) is 5.69 Å². The van der Waals surface area contributed by atoms with Gasteiger partial charge in [0.05, 0.1) is 6.04 Å². The number of aryl methyl sites for hydroxylation is 1. The number of carboxylic acid groups (broad SMARTS) is 1. The number of fused-ring (bicyclic) bond motifs is 1. The SMILES string of the molecule is C[C@@H](N[C@@H](CCc1ccccc1)C(=O)N[C@@H](Cc1c[nH]c2ccccc12)C(=O)Nc1ccccc1)C(=O)O. The molecule has 38 heavy (non-hydrogen) atoms. The Bertz CT molecular complexity index is 1370. The maximum atomic E-state index is 13.5. The summed E-state index contributed by atoms with van der Waals surface area (Å²) >= 11 is 0. The molecule has 3 aromatic carbocycles. The molecule has 2 amide bonds. The summed E-state index contributed by atoms with van der Waals surface area (Å²) in [7, 11) is 0. The minimum absolute atomic E-state index is 0.258. The predicted molar refractivity (Wildman–Crippen MR) is 148 cm³/mol. The van der Waals surface area contributed by atoms with Crippen LogP contribution in [0.2, 0.25) is 0 Å². The van der Waals surface area contributed by atoms with Crippen molar-refractivity contribution in [2.24, 2.45) is 0 Å². The molecule has 1 heterocycles. The Hall–Kier alpha value is -4.43. The first-order valence-corrected chi connectivity index (χ1v) is 12.6. The second kappa shape index (κ2) is 12.7. The molecule has 0 aliphatic heterocycles. The largest absolute Gasteiger partial charge is 0.480 e. The van der Waals surface area contributed by atoms with Gasteiger partial charge in [-0.3, -0.25) is 19.7 Å². The molecule has 0 bridgehead atoms. The number of aromatic nitrogens is 1. The van der Waals surface area contributed by atoms with Gasteiger partial charge in [-0.2, -0.15) is 0 Å². The summed E-state index contributed by atoms with van der Waals surface area (Å²) in [5.74, 6) is -1.84. The van der Waals surface area contributed by atoms with Crippen LogP contribution in [-0.4, -0.2) is 46.0 Å². The summed E-state index contributed by atoms with van der Waals surface area (Å²) in [6, 6.07) is 23.9. The Morgan fingerprint density at radius 3 is 2.21 bits per heavy atom. The molecule has 5 N–H and O–H groups in total. The van der Waals surface area contributed by atoms with Crippen LogP contribution in [0.5, 0.6) is 0 Å². The van der Waals surface area contributed by atoms with Crippen molar-refractivity contribution >= 4 is 34.4 Å². The number of hydrogen-bond acceptors (Lipinski definition) is 4. The molecule has 0 saturated heterocycles. The molecule has 1 aromatic heterocycles. The van der Waals surface area contributed by atoms with Crippen LogP contribution in [0.3, 0.4) is 0 Å². The zero-order chi connectivity index (χ0) is 26.9. The van der Waals surface area contributed by atoms with Crippen molar-refractivity contribution in [3.05, 3.63) is 102 Å². The van der Waals surface area contributed by atoms with Gasteiger partial charge in [-0.05, 0) is 49.1 Å². The van der Waals surface area contributed by atoms with Crippen LogP contribution in [0, 0.1) is 0 Å². The van der Waals surface area contributed by atoms with Gasteiger partial charge in [0.2, 0.25) is 11.8 Å². The van der Waals surface area contributed by atoms with E-state index in [1.54, 1.807) is 12.1 Å². The normalized spacial score (nSPS) is 13.4. The Morgan fingerprint density at radius 2 is 1.50 bits per heavy atom. The molecule has 0 fully saturated rings. The molecular formula is C30H32N4O4. The van der Waals surface area contributed by atoms with Crippen LogP contribution < -0.4 is 16.0 Å². The van der Waals surface area contributed by atoms with E-state index in [-0.39, 0.29) is 12.3 Å². The van der Waals surface area contributed by atoms with Gasteiger partial charge in [-0.1, -0.05) is 66.7 Å². The zero-order valence-electron chi connectivity index (χ0n) is 21.2. The number of carbonyl (C=O) groups excluding carboxylic acids is 2. The van der Waals surface area contributed by atoms with Gasteiger partial charge in [0.15, 0.2) is 0 Å². The van der Waals surface area contributed by atoms with Crippen molar-refractivity contribution < 1.29 is 19.5 Å². The monoisotopic (exact) mass is 512 g/mol. The molecule has 196 valence electrons. The summed E-state index contributed by atoms with van der Waals surface area (Å²) < 4.78 is 0. The second-order valence-electron chi connectivity index (χ2n) is 9.28. The summed E-state index contributed by atoms with van der Waals surface area (Å²) in [6.07, 6.45) is 3.04.